The molecule has 0 saturated heterocycles. The molecule has 2 nitrogen and oxygen atoms in total. The molecule has 0 N–H and O–H groups in total. The maximum atomic E-state index is 13.5. The zero-order chi connectivity index (χ0) is 15.5. The molecular weight excluding hydrogens is 272 g/mol. The van der Waals surface area contributed by atoms with Gasteiger partial charge in [0, 0.05) is 17.8 Å². The van der Waals surface area contributed by atoms with E-state index in [0.717, 1.165) is 17.8 Å². The molecular formula is C17H18F2NO. The molecule has 1 radical (unpaired) electrons. The fraction of sp³-hybridized carbons (Fsp3) is 0.294. The number of nitrogens with zero attached hydrogens (tertiary/aromatic N) is 1. The molecule has 1 aromatic carbocycles. The predicted molar refractivity (Wildman–Crippen MR) is 78.1 cm³/mol. The second kappa shape index (κ2) is 6.20. The second-order valence-electron chi connectivity index (χ2n) is 5.92. The molecule has 0 unspecified atom stereocenters. The van der Waals surface area contributed by atoms with Crippen molar-refractivity contribution in [3.63, 3.8) is 0 Å². The van der Waals surface area contributed by atoms with Gasteiger partial charge < -0.3 is 4.74 Å². The van der Waals surface area contributed by atoms with Gasteiger partial charge in [0.25, 0.3) is 0 Å². The number of ether oxygens (including phenoxy) is 1. The molecule has 0 atom stereocenters. The number of rotatable bonds is 4. The first-order valence-corrected chi connectivity index (χ1v) is 6.77. The second-order valence-corrected chi connectivity index (χ2v) is 5.92. The minimum atomic E-state index is -0.747. The van der Waals surface area contributed by atoms with Crippen LogP contribution in [0, 0.1) is 23.5 Å². The fourth-order valence-electron chi connectivity index (χ4n) is 1.71. The number of aromatic nitrogens is 1. The fourth-order valence-corrected chi connectivity index (χ4v) is 1.71. The molecule has 0 amide bonds. The predicted octanol–water partition coefficient (Wildman–Crippen LogP) is 4.94. The summed E-state index contributed by atoms with van der Waals surface area (Å²) in [6.07, 6.45) is 2.85. The SMILES string of the molecule is CC(C)(C)[CH]Cc1cccc(Oc2ccc(F)cc2F)n1. The molecule has 2 aromatic rings. The Morgan fingerprint density at radius 1 is 1.14 bits per heavy atom. The van der Waals surface area contributed by atoms with E-state index in [0.29, 0.717) is 12.3 Å². The third-order valence-electron chi connectivity index (χ3n) is 2.81. The average molecular weight is 290 g/mol. The smallest absolute Gasteiger partial charge is 0.219 e. The number of hydrogen-bond acceptors (Lipinski definition) is 2. The van der Waals surface area contributed by atoms with Gasteiger partial charge in [-0.2, -0.15) is 0 Å². The van der Waals surface area contributed by atoms with Crippen LogP contribution in [-0.4, -0.2) is 4.98 Å². The maximum Gasteiger partial charge on any atom is 0.219 e. The van der Waals surface area contributed by atoms with Crippen molar-refractivity contribution < 1.29 is 13.5 Å². The van der Waals surface area contributed by atoms with E-state index in [2.05, 4.69) is 32.2 Å². The van der Waals surface area contributed by atoms with Crippen molar-refractivity contribution in [3.05, 3.63) is 60.1 Å². The van der Waals surface area contributed by atoms with E-state index in [-0.39, 0.29) is 11.2 Å². The van der Waals surface area contributed by atoms with Crippen molar-refractivity contribution >= 4 is 0 Å². The third kappa shape index (κ3) is 4.81. The molecule has 1 heterocycles. The highest BCUT2D eigenvalue weighted by molar-refractivity contribution is 5.29. The van der Waals surface area contributed by atoms with Crippen molar-refractivity contribution in [2.45, 2.75) is 27.2 Å². The summed E-state index contributed by atoms with van der Waals surface area (Å²) in [4.78, 5) is 4.32. The molecule has 111 valence electrons. The van der Waals surface area contributed by atoms with Gasteiger partial charge in [-0.25, -0.2) is 13.8 Å². The molecule has 0 aliphatic heterocycles. The van der Waals surface area contributed by atoms with Crippen molar-refractivity contribution in [3.8, 4) is 11.6 Å². The van der Waals surface area contributed by atoms with Crippen molar-refractivity contribution in [2.75, 3.05) is 0 Å². The molecule has 1 aromatic heterocycles. The van der Waals surface area contributed by atoms with Gasteiger partial charge >= 0.3 is 0 Å². The van der Waals surface area contributed by atoms with E-state index in [1.807, 2.05) is 6.07 Å². The van der Waals surface area contributed by atoms with Crippen LogP contribution < -0.4 is 4.74 Å². The largest absolute Gasteiger partial charge is 0.436 e. The summed E-state index contributed by atoms with van der Waals surface area (Å²) in [5.74, 6) is -1.13. The van der Waals surface area contributed by atoms with Gasteiger partial charge in [-0.3, -0.25) is 0 Å². The Morgan fingerprint density at radius 3 is 2.57 bits per heavy atom. The normalized spacial score (nSPS) is 11.5. The number of hydrogen-bond donors (Lipinski definition) is 0. The van der Waals surface area contributed by atoms with Gasteiger partial charge in [0.15, 0.2) is 11.6 Å². The van der Waals surface area contributed by atoms with Crippen LogP contribution in [0.1, 0.15) is 26.5 Å². The Kier molecular flexibility index (Phi) is 4.56. The summed E-state index contributed by atoms with van der Waals surface area (Å²) in [5.41, 5.74) is 0.937. The number of halogens is 2. The summed E-state index contributed by atoms with van der Waals surface area (Å²) in [6, 6.07) is 8.51. The van der Waals surface area contributed by atoms with Crippen LogP contribution in [0.25, 0.3) is 0 Å². The summed E-state index contributed by atoms with van der Waals surface area (Å²) in [7, 11) is 0. The van der Waals surface area contributed by atoms with E-state index in [4.69, 9.17) is 4.74 Å². The molecule has 0 bridgehead atoms. The Bertz CT molecular complexity index is 620. The lowest BCUT2D eigenvalue weighted by Crippen LogP contribution is -2.08. The first kappa shape index (κ1) is 15.4. The van der Waals surface area contributed by atoms with Crippen LogP contribution >= 0.6 is 0 Å². The molecule has 2 rings (SSSR count). The van der Waals surface area contributed by atoms with Crippen molar-refractivity contribution in [2.24, 2.45) is 5.41 Å². The Hall–Kier alpha value is -1.97. The summed E-state index contributed by atoms with van der Waals surface area (Å²) >= 11 is 0. The van der Waals surface area contributed by atoms with Crippen LogP contribution in [0.4, 0.5) is 8.78 Å². The van der Waals surface area contributed by atoms with E-state index in [1.54, 1.807) is 12.1 Å². The highest BCUT2D eigenvalue weighted by Gasteiger charge is 2.12. The van der Waals surface area contributed by atoms with Gasteiger partial charge in [-0.05, 0) is 36.5 Å². The van der Waals surface area contributed by atoms with Gasteiger partial charge in [-0.15, -0.1) is 0 Å². The minimum absolute atomic E-state index is 0.0409. The van der Waals surface area contributed by atoms with Crippen LogP contribution in [0.15, 0.2) is 36.4 Å². The Balaban J connectivity index is 2.10. The van der Waals surface area contributed by atoms with Crippen LogP contribution in [-0.2, 0) is 6.42 Å². The monoisotopic (exact) mass is 290 g/mol. The minimum Gasteiger partial charge on any atom is -0.436 e. The molecule has 0 saturated carbocycles. The van der Waals surface area contributed by atoms with Gasteiger partial charge in [0.1, 0.15) is 5.82 Å². The summed E-state index contributed by atoms with van der Waals surface area (Å²) in [5, 5.41) is 0. The van der Waals surface area contributed by atoms with E-state index in [9.17, 15) is 8.78 Å². The number of benzene rings is 1. The van der Waals surface area contributed by atoms with Gasteiger partial charge in [0.2, 0.25) is 5.88 Å². The highest BCUT2D eigenvalue weighted by atomic mass is 19.1. The lowest BCUT2D eigenvalue weighted by atomic mass is 9.90. The van der Waals surface area contributed by atoms with Crippen LogP contribution in [0.5, 0.6) is 11.6 Å². The highest BCUT2D eigenvalue weighted by Crippen LogP contribution is 2.25. The molecule has 21 heavy (non-hydrogen) atoms. The standard InChI is InChI=1S/C17H18F2NO/c1-17(2,3)10-9-13-5-4-6-16(20-13)21-15-8-7-12(18)11-14(15)19/h4-8,10-11H,9H2,1-3H3. The molecule has 0 aliphatic rings. The Labute approximate surface area is 123 Å². The number of pyridine rings is 1. The van der Waals surface area contributed by atoms with Crippen molar-refractivity contribution in [1.29, 1.82) is 0 Å². The van der Waals surface area contributed by atoms with Crippen molar-refractivity contribution in [1.82, 2.24) is 4.98 Å². The lowest BCUT2D eigenvalue weighted by molar-refractivity contribution is 0.421. The van der Waals surface area contributed by atoms with Crippen LogP contribution in [0.2, 0.25) is 0 Å². The van der Waals surface area contributed by atoms with Gasteiger partial charge in [-0.1, -0.05) is 26.8 Å². The summed E-state index contributed by atoms with van der Waals surface area (Å²) in [6.45, 7) is 6.34. The molecule has 0 aliphatic carbocycles. The molecule has 4 heteroatoms. The zero-order valence-electron chi connectivity index (χ0n) is 12.4. The lowest BCUT2D eigenvalue weighted by Gasteiger charge is -2.17. The molecule has 0 spiro atoms. The summed E-state index contributed by atoms with van der Waals surface area (Å²) < 4.78 is 31.8. The van der Waals surface area contributed by atoms with E-state index < -0.39 is 11.6 Å². The average Bonchev–Trinajstić information content (AvgIpc) is 2.39. The van der Waals surface area contributed by atoms with Crippen LogP contribution in [0.3, 0.4) is 0 Å². The first-order valence-electron chi connectivity index (χ1n) is 6.77. The maximum absolute atomic E-state index is 13.5. The zero-order valence-corrected chi connectivity index (χ0v) is 12.4. The molecule has 0 fully saturated rings. The Morgan fingerprint density at radius 2 is 1.90 bits per heavy atom. The topological polar surface area (TPSA) is 22.1 Å². The quantitative estimate of drug-likeness (QED) is 0.795. The third-order valence-corrected chi connectivity index (χ3v) is 2.81. The first-order chi connectivity index (χ1) is 9.83. The van der Waals surface area contributed by atoms with E-state index in [1.165, 1.54) is 6.07 Å². The van der Waals surface area contributed by atoms with Gasteiger partial charge in [0.05, 0.1) is 0 Å². The van der Waals surface area contributed by atoms with E-state index >= 15 is 0 Å².